The van der Waals surface area contributed by atoms with Crippen molar-refractivity contribution in [2.24, 2.45) is 0 Å². The average Bonchev–Trinajstić information content (AvgIpc) is 3.07. The number of ether oxygens (including phenoxy) is 1. The van der Waals surface area contributed by atoms with Crippen LogP contribution in [0, 0.1) is 13.8 Å². The number of carbonyl (C=O) groups excluding carboxylic acids is 2. The number of rotatable bonds is 6. The summed E-state index contributed by atoms with van der Waals surface area (Å²) < 4.78 is 10.7. The van der Waals surface area contributed by atoms with Crippen LogP contribution < -0.4 is 5.32 Å². The molecule has 0 radical (unpaired) electrons. The fourth-order valence-corrected chi connectivity index (χ4v) is 3.01. The summed E-state index contributed by atoms with van der Waals surface area (Å²) in [4.78, 5) is 24.2. The molecular formula is C22H23NO4. The Balaban J connectivity index is 1.58. The standard InChI is InChI=1S/C22H23NO4/c1-4-16-7-5-6-8-19(16)23-20(24)13-26-21(25)11-17-12-27-22-15(3)14(2)9-10-18(17)22/h5-10,12H,4,11,13H2,1-3H3,(H,23,24). The molecule has 0 saturated heterocycles. The number of furan rings is 1. The number of nitrogens with one attached hydrogen (secondary N) is 1. The van der Waals surface area contributed by atoms with Gasteiger partial charge in [-0.05, 0) is 43.0 Å². The zero-order valence-electron chi connectivity index (χ0n) is 15.8. The summed E-state index contributed by atoms with van der Waals surface area (Å²) >= 11 is 0. The number of esters is 1. The second-order valence-corrected chi connectivity index (χ2v) is 6.54. The van der Waals surface area contributed by atoms with E-state index in [2.05, 4.69) is 5.32 Å². The quantitative estimate of drug-likeness (QED) is 0.660. The maximum absolute atomic E-state index is 12.1. The molecule has 1 amide bonds. The van der Waals surface area contributed by atoms with E-state index < -0.39 is 5.97 Å². The summed E-state index contributed by atoms with van der Waals surface area (Å²) in [6, 6.07) is 11.5. The molecule has 0 unspecified atom stereocenters. The molecule has 0 spiro atoms. The van der Waals surface area contributed by atoms with Gasteiger partial charge >= 0.3 is 5.97 Å². The topological polar surface area (TPSA) is 68.5 Å². The third kappa shape index (κ3) is 4.19. The fourth-order valence-electron chi connectivity index (χ4n) is 3.01. The lowest BCUT2D eigenvalue weighted by Crippen LogP contribution is -2.22. The van der Waals surface area contributed by atoms with E-state index in [1.807, 2.05) is 57.2 Å². The fraction of sp³-hybridized carbons (Fsp3) is 0.273. The Hall–Kier alpha value is -3.08. The van der Waals surface area contributed by atoms with Gasteiger partial charge in [0, 0.05) is 16.6 Å². The van der Waals surface area contributed by atoms with Crippen molar-refractivity contribution in [3.8, 4) is 0 Å². The van der Waals surface area contributed by atoms with E-state index in [0.717, 1.165) is 45.3 Å². The predicted molar refractivity (Wildman–Crippen MR) is 105 cm³/mol. The van der Waals surface area contributed by atoms with Gasteiger partial charge in [-0.15, -0.1) is 0 Å². The first-order valence-electron chi connectivity index (χ1n) is 8.99. The summed E-state index contributed by atoms with van der Waals surface area (Å²) in [5.74, 6) is -0.817. The molecule has 3 rings (SSSR count). The second-order valence-electron chi connectivity index (χ2n) is 6.54. The first kappa shape index (κ1) is 18.7. The highest BCUT2D eigenvalue weighted by atomic mass is 16.5. The van der Waals surface area contributed by atoms with Crippen molar-refractivity contribution >= 4 is 28.5 Å². The van der Waals surface area contributed by atoms with Crippen molar-refractivity contribution in [1.82, 2.24) is 0 Å². The van der Waals surface area contributed by atoms with E-state index >= 15 is 0 Å². The largest absolute Gasteiger partial charge is 0.464 e. The van der Waals surface area contributed by atoms with Gasteiger partial charge in [0.15, 0.2) is 6.61 Å². The van der Waals surface area contributed by atoms with Crippen LogP contribution in [-0.4, -0.2) is 18.5 Å². The van der Waals surface area contributed by atoms with Crippen LogP contribution in [-0.2, 0) is 27.2 Å². The normalized spacial score (nSPS) is 10.8. The molecule has 1 heterocycles. The Morgan fingerprint density at radius 2 is 1.85 bits per heavy atom. The lowest BCUT2D eigenvalue weighted by Gasteiger charge is -2.10. The predicted octanol–water partition coefficient (Wildman–Crippen LogP) is 4.34. The number of fused-ring (bicyclic) bond motifs is 1. The molecule has 3 aromatic rings. The van der Waals surface area contributed by atoms with Crippen LogP contribution >= 0.6 is 0 Å². The van der Waals surface area contributed by atoms with E-state index in [-0.39, 0.29) is 18.9 Å². The van der Waals surface area contributed by atoms with Gasteiger partial charge < -0.3 is 14.5 Å². The smallest absolute Gasteiger partial charge is 0.310 e. The number of carbonyl (C=O) groups is 2. The molecule has 0 aliphatic carbocycles. The Bertz CT molecular complexity index is 987. The monoisotopic (exact) mass is 365 g/mol. The SMILES string of the molecule is CCc1ccccc1NC(=O)COC(=O)Cc1coc2c(C)c(C)ccc12. The van der Waals surface area contributed by atoms with Crippen molar-refractivity contribution in [3.05, 3.63) is 64.9 Å². The van der Waals surface area contributed by atoms with Gasteiger partial charge in [-0.1, -0.05) is 37.3 Å². The number of amides is 1. The van der Waals surface area contributed by atoms with E-state index in [9.17, 15) is 9.59 Å². The first-order valence-corrected chi connectivity index (χ1v) is 8.99. The van der Waals surface area contributed by atoms with Crippen LogP contribution in [0.1, 0.15) is 29.2 Å². The molecule has 1 aromatic heterocycles. The summed E-state index contributed by atoms with van der Waals surface area (Å²) in [5, 5.41) is 3.68. The van der Waals surface area contributed by atoms with E-state index in [4.69, 9.17) is 9.15 Å². The maximum Gasteiger partial charge on any atom is 0.310 e. The molecule has 5 heteroatoms. The number of hydrogen-bond donors (Lipinski definition) is 1. The van der Waals surface area contributed by atoms with Crippen molar-refractivity contribution in [3.63, 3.8) is 0 Å². The number of hydrogen-bond acceptors (Lipinski definition) is 4. The van der Waals surface area contributed by atoms with Gasteiger partial charge in [0.2, 0.25) is 0 Å². The Morgan fingerprint density at radius 1 is 1.07 bits per heavy atom. The molecule has 5 nitrogen and oxygen atoms in total. The van der Waals surface area contributed by atoms with Gasteiger partial charge in [-0.2, -0.15) is 0 Å². The van der Waals surface area contributed by atoms with Crippen LogP contribution in [0.15, 0.2) is 47.1 Å². The van der Waals surface area contributed by atoms with Crippen LogP contribution in [0.25, 0.3) is 11.0 Å². The van der Waals surface area contributed by atoms with E-state index in [1.165, 1.54) is 0 Å². The molecule has 1 N–H and O–H groups in total. The second kappa shape index (κ2) is 8.08. The summed E-state index contributed by atoms with van der Waals surface area (Å²) in [7, 11) is 0. The zero-order chi connectivity index (χ0) is 19.4. The minimum Gasteiger partial charge on any atom is -0.464 e. The van der Waals surface area contributed by atoms with Crippen molar-refractivity contribution in [2.75, 3.05) is 11.9 Å². The Kier molecular flexibility index (Phi) is 5.60. The molecule has 0 fully saturated rings. The van der Waals surface area contributed by atoms with Gasteiger partial charge in [-0.25, -0.2) is 0 Å². The Labute approximate surface area is 158 Å². The molecule has 0 aliphatic heterocycles. The van der Waals surface area contributed by atoms with Gasteiger partial charge in [0.25, 0.3) is 5.91 Å². The van der Waals surface area contributed by atoms with E-state index in [0.29, 0.717) is 0 Å². The van der Waals surface area contributed by atoms with Crippen molar-refractivity contribution < 1.29 is 18.7 Å². The van der Waals surface area contributed by atoms with Gasteiger partial charge in [0.1, 0.15) is 5.58 Å². The molecule has 140 valence electrons. The van der Waals surface area contributed by atoms with Gasteiger partial charge in [-0.3, -0.25) is 9.59 Å². The van der Waals surface area contributed by atoms with Crippen molar-refractivity contribution in [2.45, 2.75) is 33.6 Å². The number of aryl methyl sites for hydroxylation is 3. The van der Waals surface area contributed by atoms with Crippen LogP contribution in [0.3, 0.4) is 0 Å². The molecule has 2 aromatic carbocycles. The highest BCUT2D eigenvalue weighted by Gasteiger charge is 2.15. The average molecular weight is 365 g/mol. The lowest BCUT2D eigenvalue weighted by atomic mass is 10.0. The highest BCUT2D eigenvalue weighted by Crippen LogP contribution is 2.26. The number of para-hydroxylation sites is 1. The first-order chi connectivity index (χ1) is 13.0. The lowest BCUT2D eigenvalue weighted by molar-refractivity contribution is -0.146. The minimum atomic E-state index is -0.463. The zero-order valence-corrected chi connectivity index (χ0v) is 15.8. The number of anilines is 1. The third-order valence-electron chi connectivity index (χ3n) is 4.71. The van der Waals surface area contributed by atoms with Crippen LogP contribution in [0.2, 0.25) is 0 Å². The molecule has 0 aliphatic rings. The minimum absolute atomic E-state index is 0.0638. The number of benzene rings is 2. The maximum atomic E-state index is 12.1. The molecule has 0 atom stereocenters. The van der Waals surface area contributed by atoms with Gasteiger partial charge in [0.05, 0.1) is 12.7 Å². The summed E-state index contributed by atoms with van der Waals surface area (Å²) in [5.41, 5.74) is 5.51. The molecule has 27 heavy (non-hydrogen) atoms. The van der Waals surface area contributed by atoms with E-state index in [1.54, 1.807) is 6.26 Å². The molecule has 0 saturated carbocycles. The van der Waals surface area contributed by atoms with Crippen LogP contribution in [0.5, 0.6) is 0 Å². The molecular weight excluding hydrogens is 342 g/mol. The summed E-state index contributed by atoms with van der Waals surface area (Å²) in [6.45, 7) is 5.70. The van der Waals surface area contributed by atoms with Crippen molar-refractivity contribution in [1.29, 1.82) is 0 Å². The highest BCUT2D eigenvalue weighted by molar-refractivity contribution is 5.94. The summed E-state index contributed by atoms with van der Waals surface area (Å²) in [6.07, 6.45) is 2.45. The Morgan fingerprint density at radius 3 is 2.63 bits per heavy atom. The molecule has 0 bridgehead atoms. The third-order valence-corrected chi connectivity index (χ3v) is 4.71. The van der Waals surface area contributed by atoms with Crippen LogP contribution in [0.4, 0.5) is 5.69 Å².